The smallest absolute Gasteiger partial charge is 0.253 e. The highest BCUT2D eigenvalue weighted by atomic mass is 35.5. The van der Waals surface area contributed by atoms with E-state index in [4.69, 9.17) is 11.6 Å². The first-order chi connectivity index (χ1) is 11.5. The van der Waals surface area contributed by atoms with E-state index in [9.17, 15) is 4.79 Å². The highest BCUT2D eigenvalue weighted by Crippen LogP contribution is 2.49. The number of aromatic nitrogens is 1. The summed E-state index contributed by atoms with van der Waals surface area (Å²) in [5.41, 5.74) is 3.19. The Morgan fingerprint density at radius 1 is 1.29 bits per heavy atom. The molecule has 1 heterocycles. The molecular weight excluding hydrogens is 320 g/mol. The van der Waals surface area contributed by atoms with E-state index in [0.29, 0.717) is 10.4 Å². The monoisotopic (exact) mass is 344 g/mol. The molecule has 3 nitrogen and oxygen atoms in total. The second-order valence-corrected chi connectivity index (χ2v) is 8.37. The molecule has 3 aliphatic rings. The molecule has 1 N–H and O–H groups in total. The molecule has 0 spiro atoms. The Kier molecular flexibility index (Phi) is 3.87. The maximum absolute atomic E-state index is 12.9. The minimum absolute atomic E-state index is 0.0492. The van der Waals surface area contributed by atoms with Crippen LogP contribution in [-0.4, -0.2) is 17.0 Å². The van der Waals surface area contributed by atoms with Crippen LogP contribution in [0.25, 0.3) is 10.9 Å². The fourth-order valence-corrected chi connectivity index (χ4v) is 5.09. The molecule has 3 aliphatic carbocycles. The zero-order valence-corrected chi connectivity index (χ0v) is 15.2. The number of hydrogen-bond acceptors (Lipinski definition) is 1. The third kappa shape index (κ3) is 2.63. The largest absolute Gasteiger partial charge is 0.351 e. The summed E-state index contributed by atoms with van der Waals surface area (Å²) in [7, 11) is 1.97. The van der Waals surface area contributed by atoms with Gasteiger partial charge in [0.2, 0.25) is 0 Å². The van der Waals surface area contributed by atoms with Gasteiger partial charge in [0.1, 0.15) is 0 Å². The van der Waals surface area contributed by atoms with Crippen molar-refractivity contribution in [1.82, 2.24) is 9.88 Å². The topological polar surface area (TPSA) is 34.0 Å². The van der Waals surface area contributed by atoms with Crippen molar-refractivity contribution in [3.8, 4) is 0 Å². The molecule has 4 heteroatoms. The standard InChI is InChI=1S/C20H25ClN2O/c1-13-9-15(21)10-17-18(13)16(11-23(17)2)19(24)22-12-20-6-3-14(4-7-20)5-8-20/h9-11,14H,3-8,12H2,1-2H3,(H,22,24). The SMILES string of the molecule is Cc1cc(Cl)cc2c1c(C(=O)NCC13CCC(CC1)CC3)cn2C. The molecule has 0 atom stereocenters. The number of carbonyl (C=O) groups is 1. The van der Waals surface area contributed by atoms with E-state index in [0.717, 1.165) is 34.5 Å². The molecule has 1 aromatic heterocycles. The van der Waals surface area contributed by atoms with Crippen LogP contribution in [-0.2, 0) is 7.05 Å². The number of fused-ring (bicyclic) bond motifs is 4. The summed E-state index contributed by atoms with van der Waals surface area (Å²) in [6, 6.07) is 3.86. The number of halogens is 1. The summed E-state index contributed by atoms with van der Waals surface area (Å²) in [6.07, 6.45) is 9.82. The summed E-state index contributed by atoms with van der Waals surface area (Å²) in [5.74, 6) is 1.00. The van der Waals surface area contributed by atoms with Crippen LogP contribution in [0.3, 0.4) is 0 Å². The van der Waals surface area contributed by atoms with Gasteiger partial charge in [0.15, 0.2) is 0 Å². The lowest BCUT2D eigenvalue weighted by Crippen LogP contribution is -2.43. The Morgan fingerprint density at radius 2 is 1.96 bits per heavy atom. The Bertz CT molecular complexity index is 786. The highest BCUT2D eigenvalue weighted by molar-refractivity contribution is 6.31. The van der Waals surface area contributed by atoms with Crippen LogP contribution in [0.4, 0.5) is 0 Å². The molecule has 0 aliphatic heterocycles. The predicted octanol–water partition coefficient (Wildman–Crippen LogP) is 4.84. The Balaban J connectivity index is 1.58. The van der Waals surface area contributed by atoms with Crippen molar-refractivity contribution in [1.29, 1.82) is 0 Å². The van der Waals surface area contributed by atoms with Crippen LogP contribution >= 0.6 is 11.6 Å². The summed E-state index contributed by atoms with van der Waals surface area (Å²) < 4.78 is 1.99. The highest BCUT2D eigenvalue weighted by Gasteiger charge is 2.40. The number of benzene rings is 1. The molecule has 1 aromatic carbocycles. The molecule has 1 amide bonds. The summed E-state index contributed by atoms with van der Waals surface area (Å²) >= 11 is 6.18. The lowest BCUT2D eigenvalue weighted by atomic mass is 9.61. The van der Waals surface area contributed by atoms with Crippen molar-refractivity contribution in [3.05, 3.63) is 34.5 Å². The van der Waals surface area contributed by atoms with Crippen LogP contribution in [0.2, 0.25) is 5.02 Å². The molecule has 2 bridgehead atoms. The Labute approximate surface area is 148 Å². The van der Waals surface area contributed by atoms with Gasteiger partial charge in [0.05, 0.1) is 11.1 Å². The predicted molar refractivity (Wildman–Crippen MR) is 98.6 cm³/mol. The molecule has 0 unspecified atom stereocenters. The number of rotatable bonds is 3. The minimum atomic E-state index is 0.0492. The molecule has 128 valence electrons. The van der Waals surface area contributed by atoms with Crippen LogP contribution in [0.5, 0.6) is 0 Å². The lowest BCUT2D eigenvalue weighted by Gasteiger charge is -2.46. The Hall–Kier alpha value is -1.48. The zero-order valence-electron chi connectivity index (χ0n) is 14.5. The molecule has 3 fully saturated rings. The first-order valence-electron chi connectivity index (χ1n) is 9.01. The van der Waals surface area contributed by atoms with Gasteiger partial charge in [-0.05, 0) is 74.5 Å². The van der Waals surface area contributed by atoms with Crippen LogP contribution in [0.1, 0.15) is 54.4 Å². The maximum Gasteiger partial charge on any atom is 0.253 e. The Morgan fingerprint density at radius 3 is 2.62 bits per heavy atom. The van der Waals surface area contributed by atoms with E-state index >= 15 is 0 Å². The van der Waals surface area contributed by atoms with E-state index in [1.807, 2.05) is 36.9 Å². The van der Waals surface area contributed by atoms with Crippen LogP contribution in [0, 0.1) is 18.3 Å². The van der Waals surface area contributed by atoms with Gasteiger partial charge in [0, 0.05) is 30.2 Å². The first-order valence-corrected chi connectivity index (χ1v) is 9.39. The average molecular weight is 345 g/mol. The van der Waals surface area contributed by atoms with Gasteiger partial charge < -0.3 is 9.88 Å². The van der Waals surface area contributed by atoms with Gasteiger partial charge in [-0.1, -0.05) is 11.6 Å². The maximum atomic E-state index is 12.9. The number of hydrogen-bond donors (Lipinski definition) is 1. The van der Waals surface area contributed by atoms with Crippen LogP contribution < -0.4 is 5.32 Å². The molecule has 24 heavy (non-hydrogen) atoms. The van der Waals surface area contributed by atoms with Gasteiger partial charge in [-0.15, -0.1) is 0 Å². The van der Waals surface area contributed by atoms with E-state index in [-0.39, 0.29) is 5.91 Å². The fraction of sp³-hybridized carbons (Fsp3) is 0.550. The normalized spacial score (nSPS) is 26.0. The van der Waals surface area contributed by atoms with Crippen molar-refractivity contribution in [2.24, 2.45) is 18.4 Å². The fourth-order valence-electron chi connectivity index (χ4n) is 4.82. The quantitative estimate of drug-likeness (QED) is 0.849. The average Bonchev–Trinajstić information content (AvgIpc) is 2.92. The van der Waals surface area contributed by atoms with Gasteiger partial charge in [-0.2, -0.15) is 0 Å². The molecule has 3 saturated carbocycles. The third-order valence-electron chi connectivity index (χ3n) is 6.37. The molecule has 2 aromatic rings. The second-order valence-electron chi connectivity index (χ2n) is 7.94. The van der Waals surface area contributed by atoms with E-state index in [1.54, 1.807) is 0 Å². The van der Waals surface area contributed by atoms with E-state index < -0.39 is 0 Å². The number of aryl methyl sites for hydroxylation is 2. The molecule has 0 radical (unpaired) electrons. The number of amides is 1. The summed E-state index contributed by atoms with van der Waals surface area (Å²) in [6.45, 7) is 2.84. The number of nitrogens with one attached hydrogen (secondary N) is 1. The minimum Gasteiger partial charge on any atom is -0.351 e. The van der Waals surface area contributed by atoms with Gasteiger partial charge in [0.25, 0.3) is 5.91 Å². The van der Waals surface area contributed by atoms with Gasteiger partial charge in [-0.25, -0.2) is 0 Å². The van der Waals surface area contributed by atoms with Crippen molar-refractivity contribution in [3.63, 3.8) is 0 Å². The van der Waals surface area contributed by atoms with Crippen molar-refractivity contribution in [2.75, 3.05) is 6.54 Å². The van der Waals surface area contributed by atoms with Crippen molar-refractivity contribution >= 4 is 28.4 Å². The first kappa shape index (κ1) is 16.0. The summed E-state index contributed by atoms with van der Waals surface area (Å²) in [4.78, 5) is 12.9. The van der Waals surface area contributed by atoms with Gasteiger partial charge in [-0.3, -0.25) is 4.79 Å². The van der Waals surface area contributed by atoms with Crippen LogP contribution in [0.15, 0.2) is 18.3 Å². The molecular formula is C20H25ClN2O. The number of nitrogens with zero attached hydrogens (tertiary/aromatic N) is 1. The van der Waals surface area contributed by atoms with E-state index in [2.05, 4.69) is 5.32 Å². The molecule has 5 rings (SSSR count). The van der Waals surface area contributed by atoms with E-state index in [1.165, 1.54) is 38.5 Å². The third-order valence-corrected chi connectivity index (χ3v) is 6.59. The van der Waals surface area contributed by atoms with Crippen molar-refractivity contribution in [2.45, 2.75) is 45.4 Å². The zero-order chi connectivity index (χ0) is 16.9. The van der Waals surface area contributed by atoms with Crippen molar-refractivity contribution < 1.29 is 4.79 Å². The lowest BCUT2D eigenvalue weighted by molar-refractivity contribution is 0.0598. The molecule has 0 saturated heterocycles. The van der Waals surface area contributed by atoms with Gasteiger partial charge >= 0.3 is 0 Å². The number of carbonyl (C=O) groups excluding carboxylic acids is 1. The summed E-state index contributed by atoms with van der Waals surface area (Å²) in [5, 5.41) is 4.98. The second kappa shape index (κ2) is 5.80.